The molecule has 78 valence electrons. The lowest BCUT2D eigenvalue weighted by Gasteiger charge is -2.17. The van der Waals surface area contributed by atoms with Gasteiger partial charge in [-0.25, -0.2) is 24.6 Å². The average Bonchev–Trinajstić information content (AvgIpc) is 2.17. The third-order valence-electron chi connectivity index (χ3n) is 1.60. The molecule has 0 bridgehead atoms. The van der Waals surface area contributed by atoms with Crippen LogP contribution < -0.4 is 16.2 Å². The molecule has 0 fully saturated rings. The maximum atomic E-state index is 12.0. The third kappa shape index (κ3) is 2.77. The van der Waals surface area contributed by atoms with Crippen molar-refractivity contribution in [3.8, 4) is 0 Å². The SMILES string of the molecule is CN(CC(F)F)c1cc(NN)ncn1. The van der Waals surface area contributed by atoms with Crippen molar-refractivity contribution < 1.29 is 8.78 Å². The highest BCUT2D eigenvalue weighted by atomic mass is 19.3. The molecule has 1 aromatic rings. The Balaban J connectivity index is 2.73. The second-order valence-electron chi connectivity index (χ2n) is 2.68. The summed E-state index contributed by atoms with van der Waals surface area (Å²) >= 11 is 0. The van der Waals surface area contributed by atoms with Gasteiger partial charge in [-0.05, 0) is 0 Å². The Kier molecular flexibility index (Phi) is 3.52. The Morgan fingerprint density at radius 1 is 1.57 bits per heavy atom. The number of nitrogens with one attached hydrogen (secondary N) is 1. The standard InChI is InChI=1S/C7H11F2N5/c1-14(3-5(8)9)7-2-6(13-10)11-4-12-7/h2,4-5H,3,10H2,1H3,(H,11,12,13). The van der Waals surface area contributed by atoms with Crippen molar-refractivity contribution >= 4 is 11.6 Å². The topological polar surface area (TPSA) is 67.1 Å². The van der Waals surface area contributed by atoms with Gasteiger partial charge in [-0.1, -0.05) is 0 Å². The lowest BCUT2D eigenvalue weighted by atomic mass is 10.4. The van der Waals surface area contributed by atoms with E-state index in [-0.39, 0.29) is 6.54 Å². The Labute approximate surface area is 79.9 Å². The van der Waals surface area contributed by atoms with E-state index in [1.54, 1.807) is 0 Å². The van der Waals surface area contributed by atoms with Gasteiger partial charge in [0.1, 0.15) is 18.0 Å². The van der Waals surface area contributed by atoms with Crippen LogP contribution in [0.4, 0.5) is 20.4 Å². The molecule has 0 saturated carbocycles. The maximum absolute atomic E-state index is 12.0. The van der Waals surface area contributed by atoms with Gasteiger partial charge in [0.15, 0.2) is 0 Å². The molecule has 7 heteroatoms. The number of alkyl halides is 2. The summed E-state index contributed by atoms with van der Waals surface area (Å²) in [5.41, 5.74) is 2.31. The molecular formula is C7H11F2N5. The number of anilines is 2. The second kappa shape index (κ2) is 4.66. The summed E-state index contributed by atoms with van der Waals surface area (Å²) < 4.78 is 24.1. The largest absolute Gasteiger partial charge is 0.354 e. The van der Waals surface area contributed by atoms with Crippen LogP contribution in [0.25, 0.3) is 0 Å². The van der Waals surface area contributed by atoms with Crippen LogP contribution >= 0.6 is 0 Å². The zero-order valence-electron chi connectivity index (χ0n) is 7.61. The molecule has 0 radical (unpaired) electrons. The first-order valence-corrected chi connectivity index (χ1v) is 3.91. The summed E-state index contributed by atoms with van der Waals surface area (Å²) in [6, 6.07) is 1.49. The van der Waals surface area contributed by atoms with Gasteiger partial charge in [0.05, 0.1) is 6.54 Å². The van der Waals surface area contributed by atoms with Gasteiger partial charge in [-0.15, -0.1) is 0 Å². The van der Waals surface area contributed by atoms with E-state index in [2.05, 4.69) is 15.4 Å². The molecule has 0 aliphatic carbocycles. The second-order valence-corrected chi connectivity index (χ2v) is 2.68. The molecular weight excluding hydrogens is 192 g/mol. The lowest BCUT2D eigenvalue weighted by Crippen LogP contribution is -2.25. The first-order chi connectivity index (χ1) is 6.63. The van der Waals surface area contributed by atoms with Crippen LogP contribution in [0.3, 0.4) is 0 Å². The number of rotatable bonds is 4. The number of nitrogen functional groups attached to an aromatic ring is 1. The molecule has 0 aromatic carbocycles. The van der Waals surface area contributed by atoms with E-state index in [1.807, 2.05) is 0 Å². The van der Waals surface area contributed by atoms with Gasteiger partial charge in [-0.2, -0.15) is 0 Å². The van der Waals surface area contributed by atoms with E-state index in [0.29, 0.717) is 11.6 Å². The first-order valence-electron chi connectivity index (χ1n) is 3.91. The summed E-state index contributed by atoms with van der Waals surface area (Å²) in [7, 11) is 1.52. The fourth-order valence-corrected chi connectivity index (χ4v) is 0.935. The minimum absolute atomic E-state index is 0.374. The van der Waals surface area contributed by atoms with Crippen molar-refractivity contribution in [2.24, 2.45) is 5.84 Å². The minimum Gasteiger partial charge on any atom is -0.354 e. The monoisotopic (exact) mass is 203 g/mol. The number of hydrogen-bond donors (Lipinski definition) is 2. The minimum atomic E-state index is -2.40. The highest BCUT2D eigenvalue weighted by Crippen LogP contribution is 2.12. The Morgan fingerprint density at radius 3 is 2.86 bits per heavy atom. The van der Waals surface area contributed by atoms with Crippen molar-refractivity contribution in [1.82, 2.24) is 9.97 Å². The normalized spacial score (nSPS) is 10.4. The van der Waals surface area contributed by atoms with Crippen LogP contribution in [0.15, 0.2) is 12.4 Å². The predicted octanol–water partition coefficient (Wildman–Crippen LogP) is 0.463. The highest BCUT2D eigenvalue weighted by molar-refractivity contribution is 5.47. The lowest BCUT2D eigenvalue weighted by molar-refractivity contribution is 0.156. The van der Waals surface area contributed by atoms with Gasteiger partial charge in [0, 0.05) is 13.1 Å². The van der Waals surface area contributed by atoms with Gasteiger partial charge < -0.3 is 10.3 Å². The number of hydrazine groups is 1. The number of nitrogens with zero attached hydrogens (tertiary/aromatic N) is 3. The molecule has 0 amide bonds. The van der Waals surface area contributed by atoms with Crippen LogP contribution in [0.5, 0.6) is 0 Å². The smallest absolute Gasteiger partial charge is 0.255 e. The quantitative estimate of drug-likeness (QED) is 0.549. The van der Waals surface area contributed by atoms with Gasteiger partial charge in [-0.3, -0.25) is 0 Å². The van der Waals surface area contributed by atoms with Crippen molar-refractivity contribution in [3.05, 3.63) is 12.4 Å². The molecule has 0 saturated heterocycles. The number of aromatic nitrogens is 2. The predicted molar refractivity (Wildman–Crippen MR) is 49.1 cm³/mol. The van der Waals surface area contributed by atoms with Crippen LogP contribution in [0.2, 0.25) is 0 Å². The Hall–Kier alpha value is -1.50. The number of halogens is 2. The first kappa shape index (κ1) is 10.6. The molecule has 0 aliphatic heterocycles. The molecule has 0 aliphatic rings. The van der Waals surface area contributed by atoms with Gasteiger partial charge in [0.25, 0.3) is 6.43 Å². The molecule has 0 spiro atoms. The Morgan fingerprint density at radius 2 is 2.29 bits per heavy atom. The zero-order chi connectivity index (χ0) is 10.6. The van der Waals surface area contributed by atoms with E-state index < -0.39 is 6.43 Å². The maximum Gasteiger partial charge on any atom is 0.255 e. The molecule has 5 nitrogen and oxygen atoms in total. The summed E-state index contributed by atoms with van der Waals surface area (Å²) in [6.45, 7) is -0.374. The van der Waals surface area contributed by atoms with E-state index in [1.165, 1.54) is 24.3 Å². The molecule has 1 rings (SSSR count). The number of hydrogen-bond acceptors (Lipinski definition) is 5. The molecule has 1 heterocycles. The van der Waals surface area contributed by atoms with Crippen molar-refractivity contribution in [3.63, 3.8) is 0 Å². The summed E-state index contributed by atoms with van der Waals surface area (Å²) in [5.74, 6) is 5.89. The van der Waals surface area contributed by atoms with Crippen LogP contribution in [0, 0.1) is 0 Å². The zero-order valence-corrected chi connectivity index (χ0v) is 7.61. The van der Waals surface area contributed by atoms with E-state index in [4.69, 9.17) is 5.84 Å². The molecule has 0 unspecified atom stereocenters. The van der Waals surface area contributed by atoms with Crippen molar-refractivity contribution in [1.29, 1.82) is 0 Å². The fourth-order valence-electron chi connectivity index (χ4n) is 0.935. The molecule has 1 aromatic heterocycles. The average molecular weight is 203 g/mol. The van der Waals surface area contributed by atoms with Crippen molar-refractivity contribution in [2.75, 3.05) is 23.9 Å². The van der Waals surface area contributed by atoms with Crippen LogP contribution in [0.1, 0.15) is 0 Å². The van der Waals surface area contributed by atoms with E-state index in [0.717, 1.165) is 0 Å². The summed E-state index contributed by atoms with van der Waals surface area (Å²) in [6.07, 6.45) is -1.14. The molecule has 14 heavy (non-hydrogen) atoms. The third-order valence-corrected chi connectivity index (χ3v) is 1.60. The van der Waals surface area contributed by atoms with Gasteiger partial charge in [0.2, 0.25) is 0 Å². The number of nitrogens with two attached hydrogens (primary N) is 1. The van der Waals surface area contributed by atoms with Gasteiger partial charge >= 0.3 is 0 Å². The fraction of sp³-hybridized carbons (Fsp3) is 0.429. The summed E-state index contributed by atoms with van der Waals surface area (Å²) in [4.78, 5) is 8.91. The van der Waals surface area contributed by atoms with Crippen molar-refractivity contribution in [2.45, 2.75) is 6.43 Å². The van der Waals surface area contributed by atoms with Crippen LogP contribution in [-0.2, 0) is 0 Å². The highest BCUT2D eigenvalue weighted by Gasteiger charge is 2.09. The molecule has 3 N–H and O–H groups in total. The van der Waals surface area contributed by atoms with E-state index >= 15 is 0 Å². The van der Waals surface area contributed by atoms with Crippen LogP contribution in [-0.4, -0.2) is 30.0 Å². The Bertz CT molecular complexity index is 293. The summed E-state index contributed by atoms with van der Waals surface area (Å²) in [5, 5.41) is 0. The van der Waals surface area contributed by atoms with E-state index in [9.17, 15) is 8.78 Å². The molecule has 0 atom stereocenters.